The van der Waals surface area contributed by atoms with Gasteiger partial charge in [-0.05, 0) is 11.6 Å². The van der Waals surface area contributed by atoms with Gasteiger partial charge in [-0.25, -0.2) is 0 Å². The Labute approximate surface area is 140 Å². The first-order chi connectivity index (χ1) is 10.5. The van der Waals surface area contributed by atoms with Crippen LogP contribution in [0, 0.1) is 0 Å². The Morgan fingerprint density at radius 2 is 2.09 bits per heavy atom. The third-order valence-electron chi connectivity index (χ3n) is 2.45. The normalized spacial score (nSPS) is 10.3. The minimum atomic E-state index is -0.204. The Bertz CT molecular complexity index is 678. The lowest BCUT2D eigenvalue weighted by atomic mass is 10.2. The zero-order valence-corrected chi connectivity index (χ0v) is 14.0. The Morgan fingerprint density at radius 3 is 2.82 bits per heavy atom. The molecule has 0 aliphatic carbocycles. The van der Waals surface area contributed by atoms with Crippen LogP contribution >= 0.6 is 34.7 Å². The van der Waals surface area contributed by atoms with Crippen molar-refractivity contribution in [3.63, 3.8) is 0 Å². The highest BCUT2D eigenvalue weighted by molar-refractivity contribution is 8.01. The molecule has 1 aromatic carbocycles. The van der Waals surface area contributed by atoms with Gasteiger partial charge in [0.05, 0.1) is 5.75 Å². The first kappa shape index (κ1) is 16.7. The Kier molecular flexibility index (Phi) is 6.17. The van der Waals surface area contributed by atoms with E-state index in [1.807, 2.05) is 18.2 Å². The molecule has 0 saturated heterocycles. The highest BCUT2D eigenvalue weighted by Gasteiger charge is 2.09. The molecule has 2 rings (SSSR count). The third-order valence-corrected chi connectivity index (χ3v) is 4.79. The standard InChI is InChI=1S/C13H13ClN4O2S2/c1-8(19)16-12-17-18-13(22-12)21-7-11(20)15-6-9-4-2-3-5-10(9)14/h2-5H,6-7H2,1H3,(H,15,20)(H,16,17,19). The van der Waals surface area contributed by atoms with Gasteiger partial charge in [0.25, 0.3) is 0 Å². The van der Waals surface area contributed by atoms with Gasteiger partial charge in [0.2, 0.25) is 16.9 Å². The van der Waals surface area contributed by atoms with Crippen molar-refractivity contribution in [1.82, 2.24) is 15.5 Å². The van der Waals surface area contributed by atoms with Crippen LogP contribution in [-0.2, 0) is 16.1 Å². The molecule has 1 aromatic heterocycles. The summed E-state index contributed by atoms with van der Waals surface area (Å²) in [6.07, 6.45) is 0. The molecule has 2 amide bonds. The van der Waals surface area contributed by atoms with E-state index in [1.165, 1.54) is 30.0 Å². The van der Waals surface area contributed by atoms with Gasteiger partial charge in [-0.2, -0.15) is 0 Å². The van der Waals surface area contributed by atoms with Crippen LogP contribution in [0.2, 0.25) is 5.02 Å². The van der Waals surface area contributed by atoms with Gasteiger partial charge in [0.15, 0.2) is 4.34 Å². The average molecular weight is 357 g/mol. The second-order valence-corrected chi connectivity index (χ2v) is 6.82. The van der Waals surface area contributed by atoms with E-state index >= 15 is 0 Å². The summed E-state index contributed by atoms with van der Waals surface area (Å²) < 4.78 is 0.622. The van der Waals surface area contributed by atoms with Crippen molar-refractivity contribution in [2.45, 2.75) is 17.8 Å². The molecule has 9 heteroatoms. The van der Waals surface area contributed by atoms with Crippen molar-refractivity contribution in [3.05, 3.63) is 34.9 Å². The molecule has 2 N–H and O–H groups in total. The predicted molar refractivity (Wildman–Crippen MR) is 88.2 cm³/mol. The number of hydrogen-bond donors (Lipinski definition) is 2. The molecule has 2 aromatic rings. The summed E-state index contributed by atoms with van der Waals surface area (Å²) >= 11 is 8.51. The maximum Gasteiger partial charge on any atom is 0.230 e. The fraction of sp³-hybridized carbons (Fsp3) is 0.231. The highest BCUT2D eigenvalue weighted by Crippen LogP contribution is 2.25. The summed E-state index contributed by atoms with van der Waals surface area (Å²) in [4.78, 5) is 22.7. The molecular weight excluding hydrogens is 344 g/mol. The SMILES string of the molecule is CC(=O)Nc1nnc(SCC(=O)NCc2ccccc2Cl)s1. The molecule has 1 heterocycles. The molecule has 0 fully saturated rings. The predicted octanol–water partition coefficient (Wildman–Crippen LogP) is 2.56. The number of nitrogens with one attached hydrogen (secondary N) is 2. The first-order valence-electron chi connectivity index (χ1n) is 6.28. The number of benzene rings is 1. The molecule has 0 saturated carbocycles. The minimum absolute atomic E-state index is 0.124. The number of hydrogen-bond acceptors (Lipinski definition) is 6. The molecular formula is C13H13ClN4O2S2. The number of anilines is 1. The quantitative estimate of drug-likeness (QED) is 0.614. The number of carbonyl (C=O) groups excluding carboxylic acids is 2. The molecule has 0 spiro atoms. The lowest BCUT2D eigenvalue weighted by Gasteiger charge is -2.05. The average Bonchev–Trinajstić information content (AvgIpc) is 2.91. The van der Waals surface area contributed by atoms with Crippen molar-refractivity contribution < 1.29 is 9.59 Å². The zero-order valence-electron chi connectivity index (χ0n) is 11.6. The Morgan fingerprint density at radius 1 is 1.32 bits per heavy atom. The third kappa shape index (κ3) is 5.28. The van der Waals surface area contributed by atoms with Crippen molar-refractivity contribution in [2.75, 3.05) is 11.1 Å². The van der Waals surface area contributed by atoms with Crippen LogP contribution in [0.5, 0.6) is 0 Å². The van der Waals surface area contributed by atoms with Crippen molar-refractivity contribution in [1.29, 1.82) is 0 Å². The molecule has 0 aliphatic rings. The zero-order chi connectivity index (χ0) is 15.9. The second-order valence-electron chi connectivity index (χ2n) is 4.21. The summed E-state index contributed by atoms with van der Waals surface area (Å²) in [6.45, 7) is 1.78. The van der Waals surface area contributed by atoms with Gasteiger partial charge in [0, 0.05) is 18.5 Å². The van der Waals surface area contributed by atoms with Crippen LogP contribution in [0.15, 0.2) is 28.6 Å². The molecule has 22 heavy (non-hydrogen) atoms. The second kappa shape index (κ2) is 8.11. The van der Waals surface area contributed by atoms with Crippen molar-refractivity contribution in [2.24, 2.45) is 0 Å². The monoisotopic (exact) mass is 356 g/mol. The van der Waals surface area contributed by atoms with Gasteiger partial charge >= 0.3 is 0 Å². The van der Waals surface area contributed by atoms with E-state index in [2.05, 4.69) is 20.8 Å². The molecule has 0 radical (unpaired) electrons. The lowest BCUT2D eigenvalue weighted by molar-refractivity contribution is -0.118. The number of thioether (sulfide) groups is 1. The van der Waals surface area contributed by atoms with Gasteiger partial charge in [0.1, 0.15) is 0 Å². The number of aromatic nitrogens is 2. The number of carbonyl (C=O) groups is 2. The van der Waals surface area contributed by atoms with E-state index in [-0.39, 0.29) is 17.6 Å². The van der Waals surface area contributed by atoms with E-state index in [9.17, 15) is 9.59 Å². The largest absolute Gasteiger partial charge is 0.351 e. The molecule has 0 atom stereocenters. The van der Waals surface area contributed by atoms with E-state index in [4.69, 9.17) is 11.6 Å². The van der Waals surface area contributed by atoms with Crippen LogP contribution in [0.3, 0.4) is 0 Å². The van der Waals surface area contributed by atoms with E-state index in [0.29, 0.717) is 21.0 Å². The van der Waals surface area contributed by atoms with Gasteiger partial charge < -0.3 is 10.6 Å². The maximum atomic E-state index is 11.8. The maximum absolute atomic E-state index is 11.8. The number of nitrogens with zero attached hydrogens (tertiary/aromatic N) is 2. The van der Waals surface area contributed by atoms with Crippen LogP contribution in [0.1, 0.15) is 12.5 Å². The molecule has 116 valence electrons. The van der Waals surface area contributed by atoms with Crippen molar-refractivity contribution >= 4 is 51.6 Å². The fourth-order valence-electron chi connectivity index (χ4n) is 1.48. The van der Waals surface area contributed by atoms with Crippen LogP contribution in [0.25, 0.3) is 0 Å². The molecule has 0 bridgehead atoms. The first-order valence-corrected chi connectivity index (χ1v) is 8.46. The fourth-order valence-corrected chi connectivity index (χ4v) is 3.31. The van der Waals surface area contributed by atoms with Gasteiger partial charge in [-0.3, -0.25) is 9.59 Å². The summed E-state index contributed by atoms with van der Waals surface area (Å²) in [5.74, 6) is -0.106. The summed E-state index contributed by atoms with van der Waals surface area (Å²) in [6, 6.07) is 7.35. The summed E-state index contributed by atoms with van der Waals surface area (Å²) in [5, 5.41) is 14.1. The molecule has 6 nitrogen and oxygen atoms in total. The van der Waals surface area contributed by atoms with Gasteiger partial charge in [-0.1, -0.05) is 52.9 Å². The number of rotatable bonds is 6. The number of amides is 2. The topological polar surface area (TPSA) is 84.0 Å². The summed E-state index contributed by atoms with van der Waals surface area (Å²) in [7, 11) is 0. The van der Waals surface area contributed by atoms with E-state index < -0.39 is 0 Å². The van der Waals surface area contributed by atoms with Crippen LogP contribution in [0.4, 0.5) is 5.13 Å². The highest BCUT2D eigenvalue weighted by atomic mass is 35.5. The molecule has 0 aliphatic heterocycles. The van der Waals surface area contributed by atoms with Crippen molar-refractivity contribution in [3.8, 4) is 0 Å². The number of halogens is 1. The van der Waals surface area contributed by atoms with E-state index in [0.717, 1.165) is 5.56 Å². The van der Waals surface area contributed by atoms with Gasteiger partial charge in [-0.15, -0.1) is 10.2 Å². The smallest absolute Gasteiger partial charge is 0.230 e. The summed E-state index contributed by atoms with van der Waals surface area (Å²) in [5.41, 5.74) is 0.867. The lowest BCUT2D eigenvalue weighted by Crippen LogP contribution is -2.24. The molecule has 0 unspecified atom stereocenters. The van der Waals surface area contributed by atoms with Crippen LogP contribution in [-0.4, -0.2) is 27.8 Å². The van der Waals surface area contributed by atoms with E-state index in [1.54, 1.807) is 6.07 Å². The Hall–Kier alpha value is -1.64. The minimum Gasteiger partial charge on any atom is -0.351 e. The Balaban J connectivity index is 1.77. The van der Waals surface area contributed by atoms with Crippen LogP contribution < -0.4 is 10.6 Å².